The first-order chi connectivity index (χ1) is 7.47. The molecule has 0 fully saturated rings. The molecule has 84 valence electrons. The van der Waals surface area contributed by atoms with E-state index in [2.05, 4.69) is 10.3 Å². The third kappa shape index (κ3) is 2.20. The first-order valence-electron chi connectivity index (χ1n) is 4.90. The molecule has 0 bridgehead atoms. The number of nitrogens with one attached hydrogen (secondary N) is 1. The van der Waals surface area contributed by atoms with Crippen LogP contribution in [0.25, 0.3) is 10.2 Å². The Balaban J connectivity index is 2.24. The summed E-state index contributed by atoms with van der Waals surface area (Å²) in [6.45, 7) is 3.34. The molecular weight excluding hydrogens is 222 g/mol. The molecule has 5 heteroatoms. The Kier molecular flexibility index (Phi) is 2.65. The molecule has 0 radical (unpaired) electrons. The largest absolute Gasteiger partial charge is 0.324 e. The van der Waals surface area contributed by atoms with Crippen LogP contribution < -0.4 is 11.1 Å². The summed E-state index contributed by atoms with van der Waals surface area (Å²) in [5.74, 6) is -0.206. The van der Waals surface area contributed by atoms with Gasteiger partial charge in [-0.1, -0.05) is 0 Å². The number of benzene rings is 1. The predicted molar refractivity (Wildman–Crippen MR) is 66.5 cm³/mol. The second-order valence-electron chi connectivity index (χ2n) is 4.21. The van der Waals surface area contributed by atoms with Gasteiger partial charge in [0, 0.05) is 5.69 Å². The number of nitrogens with two attached hydrogens (primary N) is 1. The third-order valence-corrected chi connectivity index (χ3v) is 2.98. The van der Waals surface area contributed by atoms with E-state index in [1.165, 1.54) is 0 Å². The quantitative estimate of drug-likeness (QED) is 0.836. The summed E-state index contributed by atoms with van der Waals surface area (Å²) in [7, 11) is 0. The lowest BCUT2D eigenvalue weighted by Gasteiger charge is -2.17. The molecule has 2 aromatic rings. The fourth-order valence-electron chi connectivity index (χ4n) is 1.23. The number of rotatable bonds is 2. The molecule has 1 aromatic carbocycles. The minimum Gasteiger partial charge on any atom is -0.324 e. The van der Waals surface area contributed by atoms with Crippen molar-refractivity contribution in [3.8, 4) is 0 Å². The van der Waals surface area contributed by atoms with E-state index in [0.29, 0.717) is 0 Å². The van der Waals surface area contributed by atoms with E-state index >= 15 is 0 Å². The molecule has 1 amide bonds. The standard InChI is InChI=1S/C11H13N3OS/c1-11(2,12)10(15)14-7-3-4-9-8(5-7)13-6-16-9/h3-6H,12H2,1-2H3,(H,14,15). The lowest BCUT2D eigenvalue weighted by Crippen LogP contribution is -2.45. The van der Waals surface area contributed by atoms with E-state index in [-0.39, 0.29) is 5.91 Å². The van der Waals surface area contributed by atoms with Crippen LogP contribution in [0.15, 0.2) is 23.7 Å². The predicted octanol–water partition coefficient (Wildman–Crippen LogP) is 1.97. The lowest BCUT2D eigenvalue weighted by molar-refractivity contribution is -0.120. The van der Waals surface area contributed by atoms with E-state index in [0.717, 1.165) is 15.9 Å². The fourth-order valence-corrected chi connectivity index (χ4v) is 1.89. The van der Waals surface area contributed by atoms with E-state index < -0.39 is 5.54 Å². The Hall–Kier alpha value is -1.46. The summed E-state index contributed by atoms with van der Waals surface area (Å²) in [4.78, 5) is 15.8. The van der Waals surface area contributed by atoms with Gasteiger partial charge in [-0.2, -0.15) is 0 Å². The summed E-state index contributed by atoms with van der Waals surface area (Å²) < 4.78 is 1.10. The van der Waals surface area contributed by atoms with Crippen molar-refractivity contribution in [2.24, 2.45) is 5.73 Å². The number of nitrogens with zero attached hydrogens (tertiary/aromatic N) is 1. The van der Waals surface area contributed by atoms with Gasteiger partial charge in [-0.25, -0.2) is 4.98 Å². The van der Waals surface area contributed by atoms with Crippen LogP contribution in [0, 0.1) is 0 Å². The first kappa shape index (κ1) is 11.0. The minimum absolute atomic E-state index is 0.206. The molecule has 2 rings (SSSR count). The minimum atomic E-state index is -0.878. The molecule has 0 spiro atoms. The monoisotopic (exact) mass is 235 g/mol. The highest BCUT2D eigenvalue weighted by Gasteiger charge is 2.21. The zero-order valence-electron chi connectivity index (χ0n) is 9.15. The number of hydrogen-bond donors (Lipinski definition) is 2. The maximum absolute atomic E-state index is 11.7. The van der Waals surface area contributed by atoms with Gasteiger partial charge in [0.1, 0.15) is 0 Å². The second kappa shape index (κ2) is 3.84. The van der Waals surface area contributed by atoms with Gasteiger partial charge in [0.25, 0.3) is 0 Å². The van der Waals surface area contributed by atoms with Crippen molar-refractivity contribution in [1.29, 1.82) is 0 Å². The number of fused-ring (bicyclic) bond motifs is 1. The molecule has 0 aliphatic rings. The highest BCUT2D eigenvalue weighted by Crippen LogP contribution is 2.21. The van der Waals surface area contributed by atoms with E-state index in [9.17, 15) is 4.79 Å². The number of amides is 1. The van der Waals surface area contributed by atoms with Gasteiger partial charge in [-0.3, -0.25) is 4.79 Å². The van der Waals surface area contributed by atoms with Gasteiger partial charge in [0.05, 0.1) is 21.3 Å². The molecule has 0 atom stereocenters. The number of hydrogen-bond acceptors (Lipinski definition) is 4. The highest BCUT2D eigenvalue weighted by atomic mass is 32.1. The van der Waals surface area contributed by atoms with Gasteiger partial charge in [0.2, 0.25) is 5.91 Å². The van der Waals surface area contributed by atoms with Crippen LogP contribution in [0.3, 0.4) is 0 Å². The molecule has 3 N–H and O–H groups in total. The number of thiazole rings is 1. The molecule has 0 aliphatic carbocycles. The van der Waals surface area contributed by atoms with E-state index in [4.69, 9.17) is 5.73 Å². The Morgan fingerprint density at radius 3 is 2.94 bits per heavy atom. The summed E-state index contributed by atoms with van der Waals surface area (Å²) >= 11 is 1.57. The maximum atomic E-state index is 11.7. The van der Waals surface area contributed by atoms with Crippen LogP contribution in [0.5, 0.6) is 0 Å². The zero-order chi connectivity index (χ0) is 11.8. The molecule has 0 unspecified atom stereocenters. The Morgan fingerprint density at radius 2 is 2.25 bits per heavy atom. The van der Waals surface area contributed by atoms with Gasteiger partial charge in [-0.05, 0) is 32.0 Å². The van der Waals surface area contributed by atoms with Crippen molar-refractivity contribution in [1.82, 2.24) is 4.98 Å². The van der Waals surface area contributed by atoms with Crippen LogP contribution in [0.4, 0.5) is 5.69 Å². The Bertz CT molecular complexity index is 527. The number of aromatic nitrogens is 1. The molecule has 0 saturated carbocycles. The average Bonchev–Trinajstić information content (AvgIpc) is 2.63. The zero-order valence-corrected chi connectivity index (χ0v) is 9.97. The van der Waals surface area contributed by atoms with E-state index in [1.807, 2.05) is 18.2 Å². The topological polar surface area (TPSA) is 68.0 Å². The number of carbonyl (C=O) groups is 1. The smallest absolute Gasteiger partial charge is 0.243 e. The molecule has 16 heavy (non-hydrogen) atoms. The third-order valence-electron chi connectivity index (χ3n) is 2.17. The van der Waals surface area contributed by atoms with Gasteiger partial charge in [0.15, 0.2) is 0 Å². The number of carbonyl (C=O) groups excluding carboxylic acids is 1. The molecule has 1 heterocycles. The van der Waals surface area contributed by atoms with Gasteiger partial charge in [-0.15, -0.1) is 11.3 Å². The van der Waals surface area contributed by atoms with Crippen LogP contribution in [0.2, 0.25) is 0 Å². The summed E-state index contributed by atoms with van der Waals surface area (Å²) in [6.07, 6.45) is 0. The molecule has 1 aromatic heterocycles. The molecule has 4 nitrogen and oxygen atoms in total. The Labute approximate surface area is 97.5 Å². The van der Waals surface area contributed by atoms with Crippen LogP contribution in [0.1, 0.15) is 13.8 Å². The van der Waals surface area contributed by atoms with Crippen molar-refractivity contribution >= 4 is 33.1 Å². The van der Waals surface area contributed by atoms with Gasteiger partial charge < -0.3 is 11.1 Å². The first-order valence-corrected chi connectivity index (χ1v) is 5.78. The van der Waals surface area contributed by atoms with Crippen LogP contribution in [-0.2, 0) is 4.79 Å². The normalized spacial score (nSPS) is 11.7. The fraction of sp³-hybridized carbons (Fsp3) is 0.273. The van der Waals surface area contributed by atoms with Crippen molar-refractivity contribution in [2.75, 3.05) is 5.32 Å². The Morgan fingerprint density at radius 1 is 1.50 bits per heavy atom. The average molecular weight is 235 g/mol. The lowest BCUT2D eigenvalue weighted by atomic mass is 10.1. The van der Waals surface area contributed by atoms with Crippen molar-refractivity contribution in [3.63, 3.8) is 0 Å². The van der Waals surface area contributed by atoms with Crippen molar-refractivity contribution < 1.29 is 4.79 Å². The highest BCUT2D eigenvalue weighted by molar-refractivity contribution is 7.16. The van der Waals surface area contributed by atoms with Crippen molar-refractivity contribution in [3.05, 3.63) is 23.7 Å². The van der Waals surface area contributed by atoms with Crippen LogP contribution >= 0.6 is 11.3 Å². The van der Waals surface area contributed by atoms with Crippen molar-refractivity contribution in [2.45, 2.75) is 19.4 Å². The second-order valence-corrected chi connectivity index (χ2v) is 5.10. The molecular formula is C11H13N3OS. The molecule has 0 aliphatic heterocycles. The maximum Gasteiger partial charge on any atom is 0.243 e. The SMILES string of the molecule is CC(C)(N)C(=O)Nc1ccc2scnc2c1. The molecule has 0 saturated heterocycles. The summed E-state index contributed by atoms with van der Waals surface area (Å²) in [5.41, 5.74) is 8.21. The number of anilines is 1. The summed E-state index contributed by atoms with van der Waals surface area (Å²) in [6, 6.07) is 5.63. The van der Waals surface area contributed by atoms with Gasteiger partial charge >= 0.3 is 0 Å². The van der Waals surface area contributed by atoms with Crippen LogP contribution in [-0.4, -0.2) is 16.4 Å². The summed E-state index contributed by atoms with van der Waals surface area (Å²) in [5, 5.41) is 2.76. The van der Waals surface area contributed by atoms with E-state index in [1.54, 1.807) is 30.7 Å².